The largest absolute Gasteiger partial charge is 0.287 e. The van der Waals surface area contributed by atoms with Crippen molar-refractivity contribution >= 4 is 16.6 Å². The van der Waals surface area contributed by atoms with Gasteiger partial charge < -0.3 is 0 Å². The Morgan fingerprint density at radius 1 is 1.10 bits per heavy atom. The molecule has 0 fully saturated rings. The number of hydrogen-bond acceptors (Lipinski definition) is 3. The van der Waals surface area contributed by atoms with Crippen molar-refractivity contribution in [1.29, 1.82) is 0 Å². The molecule has 0 saturated heterocycles. The van der Waals surface area contributed by atoms with Gasteiger partial charge in [0.25, 0.3) is 0 Å². The number of pyridine rings is 2. The van der Waals surface area contributed by atoms with Crippen molar-refractivity contribution in [2.24, 2.45) is 0 Å². The molecule has 0 saturated carbocycles. The number of carbonyl (C=O) groups excluding carboxylic acids is 1. The highest BCUT2D eigenvalue weighted by Gasteiger charge is 2.16. The maximum atomic E-state index is 12.7. The van der Waals surface area contributed by atoms with Gasteiger partial charge in [-0.05, 0) is 29.5 Å². The molecule has 0 amide bonds. The van der Waals surface area contributed by atoms with Crippen LogP contribution in [-0.4, -0.2) is 15.8 Å². The normalized spacial score (nSPS) is 10.7. The lowest BCUT2D eigenvalue weighted by molar-refractivity contribution is 0.103. The van der Waals surface area contributed by atoms with Crippen LogP contribution in [0.4, 0.5) is 0 Å². The molecule has 98 valence electrons. The third-order valence-corrected chi connectivity index (χ3v) is 3.42. The van der Waals surface area contributed by atoms with Crippen molar-refractivity contribution in [3.8, 4) is 0 Å². The van der Waals surface area contributed by atoms with Crippen molar-refractivity contribution < 1.29 is 4.79 Å². The summed E-state index contributed by atoms with van der Waals surface area (Å²) in [7, 11) is 0. The van der Waals surface area contributed by atoms with Crippen molar-refractivity contribution in [1.82, 2.24) is 9.97 Å². The second-order valence-corrected chi connectivity index (χ2v) is 4.60. The number of rotatable bonds is 3. The minimum absolute atomic E-state index is 0.0407. The molecule has 0 spiro atoms. The third-order valence-electron chi connectivity index (χ3n) is 3.42. The van der Waals surface area contributed by atoms with Gasteiger partial charge in [-0.3, -0.25) is 14.8 Å². The number of fused-ring (bicyclic) bond motifs is 1. The van der Waals surface area contributed by atoms with E-state index in [4.69, 9.17) is 0 Å². The number of benzene rings is 1. The zero-order valence-electron chi connectivity index (χ0n) is 11.2. The summed E-state index contributed by atoms with van der Waals surface area (Å²) >= 11 is 0. The van der Waals surface area contributed by atoms with Crippen molar-refractivity contribution in [2.75, 3.05) is 0 Å². The van der Waals surface area contributed by atoms with Crippen LogP contribution < -0.4 is 0 Å². The standard InChI is InChI=1S/C17H14N2O/c1-2-12-6-4-9-19-16(12)17(20)14-7-3-5-13-8-10-18-11-15(13)14/h3-11H,2H2,1H3. The molecule has 3 heteroatoms. The highest BCUT2D eigenvalue weighted by molar-refractivity contribution is 6.15. The van der Waals surface area contributed by atoms with Gasteiger partial charge in [0.2, 0.25) is 5.78 Å². The Morgan fingerprint density at radius 3 is 2.85 bits per heavy atom. The molecule has 2 aromatic heterocycles. The fourth-order valence-electron chi connectivity index (χ4n) is 2.37. The first kappa shape index (κ1) is 12.5. The zero-order valence-corrected chi connectivity index (χ0v) is 11.2. The minimum Gasteiger partial charge on any atom is -0.287 e. The average molecular weight is 262 g/mol. The van der Waals surface area contributed by atoms with Crippen molar-refractivity contribution in [2.45, 2.75) is 13.3 Å². The first-order chi connectivity index (χ1) is 9.81. The first-order valence-corrected chi connectivity index (χ1v) is 6.62. The molecule has 0 unspecified atom stereocenters. The summed E-state index contributed by atoms with van der Waals surface area (Å²) in [4.78, 5) is 21.1. The molecule has 0 N–H and O–H groups in total. The molecule has 0 atom stereocenters. The molecule has 3 aromatic rings. The molecular weight excluding hydrogens is 248 g/mol. The number of hydrogen-bond donors (Lipinski definition) is 0. The fourth-order valence-corrected chi connectivity index (χ4v) is 2.37. The quantitative estimate of drug-likeness (QED) is 0.679. The zero-order chi connectivity index (χ0) is 13.9. The predicted molar refractivity (Wildman–Crippen MR) is 78.8 cm³/mol. The summed E-state index contributed by atoms with van der Waals surface area (Å²) in [5.74, 6) is -0.0407. The monoisotopic (exact) mass is 262 g/mol. The van der Waals surface area contributed by atoms with Crippen molar-refractivity contribution in [3.63, 3.8) is 0 Å². The van der Waals surface area contributed by atoms with E-state index in [0.29, 0.717) is 11.3 Å². The van der Waals surface area contributed by atoms with E-state index in [0.717, 1.165) is 22.8 Å². The molecule has 0 aliphatic heterocycles. The van der Waals surface area contributed by atoms with Gasteiger partial charge in [-0.25, -0.2) is 0 Å². The Morgan fingerprint density at radius 2 is 2.00 bits per heavy atom. The Balaban J connectivity index is 2.18. The number of nitrogens with zero attached hydrogens (tertiary/aromatic N) is 2. The molecule has 1 aromatic carbocycles. The number of aromatic nitrogens is 2. The van der Waals surface area contributed by atoms with Crippen LogP contribution in [0.5, 0.6) is 0 Å². The lowest BCUT2D eigenvalue weighted by Crippen LogP contribution is -2.08. The van der Waals surface area contributed by atoms with E-state index in [9.17, 15) is 4.79 Å². The number of aryl methyl sites for hydroxylation is 1. The SMILES string of the molecule is CCc1cccnc1C(=O)c1cccc2ccncc12. The van der Waals surface area contributed by atoms with E-state index < -0.39 is 0 Å². The highest BCUT2D eigenvalue weighted by atomic mass is 16.1. The van der Waals surface area contributed by atoms with Crippen LogP contribution in [0.25, 0.3) is 10.8 Å². The number of ketones is 1. The fraction of sp³-hybridized carbons (Fsp3) is 0.118. The average Bonchev–Trinajstić information content (AvgIpc) is 2.53. The van der Waals surface area contributed by atoms with Crippen LogP contribution >= 0.6 is 0 Å². The topological polar surface area (TPSA) is 42.9 Å². The molecule has 0 aliphatic carbocycles. The maximum Gasteiger partial charge on any atom is 0.212 e. The van der Waals surface area contributed by atoms with Crippen LogP contribution in [0.2, 0.25) is 0 Å². The summed E-state index contributed by atoms with van der Waals surface area (Å²) in [5.41, 5.74) is 2.16. The Labute approximate surface area is 117 Å². The van der Waals surface area contributed by atoms with E-state index in [1.807, 2.05) is 43.3 Å². The van der Waals surface area contributed by atoms with Gasteiger partial charge in [0.05, 0.1) is 0 Å². The van der Waals surface area contributed by atoms with Crippen LogP contribution in [0.3, 0.4) is 0 Å². The van der Waals surface area contributed by atoms with E-state index >= 15 is 0 Å². The third kappa shape index (κ3) is 2.07. The molecule has 3 rings (SSSR count). The van der Waals surface area contributed by atoms with Crippen LogP contribution in [0.1, 0.15) is 28.5 Å². The first-order valence-electron chi connectivity index (χ1n) is 6.62. The van der Waals surface area contributed by atoms with Gasteiger partial charge in [0.1, 0.15) is 5.69 Å². The summed E-state index contributed by atoms with van der Waals surface area (Å²) in [6, 6.07) is 11.4. The molecular formula is C17H14N2O. The summed E-state index contributed by atoms with van der Waals surface area (Å²) < 4.78 is 0. The second-order valence-electron chi connectivity index (χ2n) is 4.60. The predicted octanol–water partition coefficient (Wildman–Crippen LogP) is 3.42. The van der Waals surface area contributed by atoms with E-state index in [1.54, 1.807) is 18.6 Å². The molecule has 20 heavy (non-hydrogen) atoms. The smallest absolute Gasteiger partial charge is 0.212 e. The van der Waals surface area contributed by atoms with Crippen LogP contribution in [0, 0.1) is 0 Å². The van der Waals surface area contributed by atoms with Crippen LogP contribution in [0.15, 0.2) is 55.0 Å². The Hall–Kier alpha value is -2.55. The van der Waals surface area contributed by atoms with Gasteiger partial charge in [-0.1, -0.05) is 31.2 Å². The second kappa shape index (κ2) is 5.21. The number of carbonyl (C=O) groups is 1. The highest BCUT2D eigenvalue weighted by Crippen LogP contribution is 2.21. The van der Waals surface area contributed by atoms with Crippen molar-refractivity contribution in [3.05, 3.63) is 71.8 Å². The van der Waals surface area contributed by atoms with Gasteiger partial charge >= 0.3 is 0 Å². The van der Waals surface area contributed by atoms with Gasteiger partial charge in [0.15, 0.2) is 0 Å². The summed E-state index contributed by atoms with van der Waals surface area (Å²) in [6.07, 6.45) is 5.92. The van der Waals surface area contributed by atoms with Gasteiger partial charge in [0, 0.05) is 29.5 Å². The molecule has 2 heterocycles. The lowest BCUT2D eigenvalue weighted by atomic mass is 9.98. The molecule has 0 aliphatic rings. The van der Waals surface area contributed by atoms with E-state index in [2.05, 4.69) is 9.97 Å². The van der Waals surface area contributed by atoms with Crippen LogP contribution in [-0.2, 0) is 6.42 Å². The Kier molecular flexibility index (Phi) is 3.25. The summed E-state index contributed by atoms with van der Waals surface area (Å²) in [6.45, 7) is 2.03. The van der Waals surface area contributed by atoms with E-state index in [-0.39, 0.29) is 5.78 Å². The summed E-state index contributed by atoms with van der Waals surface area (Å²) in [5, 5.41) is 1.88. The Bertz CT molecular complexity index is 775. The molecule has 0 bridgehead atoms. The molecule has 0 radical (unpaired) electrons. The van der Waals surface area contributed by atoms with Gasteiger partial charge in [-0.15, -0.1) is 0 Å². The maximum absolute atomic E-state index is 12.7. The lowest BCUT2D eigenvalue weighted by Gasteiger charge is -2.08. The van der Waals surface area contributed by atoms with E-state index in [1.165, 1.54) is 0 Å². The van der Waals surface area contributed by atoms with Gasteiger partial charge in [-0.2, -0.15) is 0 Å². The molecule has 3 nitrogen and oxygen atoms in total. The minimum atomic E-state index is -0.0407.